The summed E-state index contributed by atoms with van der Waals surface area (Å²) in [5, 5.41) is 111. The highest BCUT2D eigenvalue weighted by Gasteiger charge is 2.48. The normalized spacial score (nSPS) is 32.5. The largest absolute Gasteiger partial charge is 0.508 e. The van der Waals surface area contributed by atoms with Crippen LogP contribution < -0.4 is 10.2 Å². The topological polar surface area (TPSA) is 290 Å². The first-order valence-electron chi connectivity index (χ1n) is 13.2. The molecule has 5 rings (SSSR count). The van der Waals surface area contributed by atoms with Gasteiger partial charge in [-0.05, 0) is 18.2 Å². The summed E-state index contributed by atoms with van der Waals surface area (Å²) in [6.07, 6.45) is -17.4. The van der Waals surface area contributed by atoms with Gasteiger partial charge in [-0.2, -0.15) is 0 Å². The molecular formula is C27H30O17. The van der Waals surface area contributed by atoms with Gasteiger partial charge in [-0.25, -0.2) is 0 Å². The van der Waals surface area contributed by atoms with E-state index in [1.165, 1.54) is 6.07 Å². The molecule has 0 bridgehead atoms. The molecule has 0 amide bonds. The van der Waals surface area contributed by atoms with Gasteiger partial charge in [-0.15, -0.1) is 0 Å². The number of hydrogen-bond donors (Lipinski definition) is 11. The molecule has 0 spiro atoms. The fourth-order valence-corrected chi connectivity index (χ4v) is 4.89. The van der Waals surface area contributed by atoms with Crippen LogP contribution >= 0.6 is 0 Å². The molecule has 0 aliphatic carbocycles. The minimum Gasteiger partial charge on any atom is -0.508 e. The second kappa shape index (κ2) is 12.3. The fraction of sp³-hybridized carbons (Fsp3) is 0.444. The molecule has 2 aromatic carbocycles. The number of fused-ring (bicyclic) bond motifs is 1. The van der Waals surface area contributed by atoms with Gasteiger partial charge in [0.1, 0.15) is 71.3 Å². The molecule has 2 saturated heterocycles. The Morgan fingerprint density at radius 3 is 2.00 bits per heavy atom. The quantitative estimate of drug-likeness (QED) is 0.119. The maximum atomic E-state index is 13.6. The lowest BCUT2D eigenvalue weighted by Gasteiger charge is -2.42. The highest BCUT2D eigenvalue weighted by molar-refractivity contribution is 5.88. The standard InChI is InChI=1S/C27H30O17/c28-6-14-17(33)20(36)22(38)26(42-14)40-7-15-18(34)21(37)23(39)27(43-15)44-25-19(35)16-12(32)4-9(29)5-13(16)41-24(25)8-1-2-10(30)11(31)3-8/h1-5,14-15,17-18,20-23,26-34,36-39H,6-7H2/t14-,15-,17-,18-,20+,21-,22-,23+,26-,27+/m1/s1. The lowest BCUT2D eigenvalue weighted by atomic mass is 9.98. The lowest BCUT2D eigenvalue weighted by molar-refractivity contribution is -0.323. The third-order valence-electron chi connectivity index (χ3n) is 7.33. The summed E-state index contributed by atoms with van der Waals surface area (Å²) in [6.45, 7) is -1.42. The SMILES string of the molecule is O=c1c(O[C@@H]2O[C@H](CO[C@@H]3O[C@H](CO)[C@@H](O)[C@H](O)[C@H]3O)[C@@H](O)[C@@H](O)[C@@H]2O)c(-c2ccc(O)c(O)c2)oc2cc(O)cc(O)c12. The van der Waals surface area contributed by atoms with Crippen LogP contribution in [0.5, 0.6) is 28.7 Å². The minimum absolute atomic E-state index is 0.0504. The smallest absolute Gasteiger partial charge is 0.239 e. The van der Waals surface area contributed by atoms with Gasteiger partial charge < -0.3 is 79.5 Å². The Morgan fingerprint density at radius 1 is 0.705 bits per heavy atom. The van der Waals surface area contributed by atoms with E-state index in [9.17, 15) is 61.0 Å². The van der Waals surface area contributed by atoms with Crippen LogP contribution in [0.2, 0.25) is 0 Å². The summed E-state index contributed by atoms with van der Waals surface area (Å²) in [6, 6.07) is 5.17. The molecule has 11 N–H and O–H groups in total. The molecule has 240 valence electrons. The summed E-state index contributed by atoms with van der Waals surface area (Å²) in [7, 11) is 0. The van der Waals surface area contributed by atoms with Gasteiger partial charge in [0.05, 0.1) is 13.2 Å². The van der Waals surface area contributed by atoms with Crippen LogP contribution in [0.1, 0.15) is 0 Å². The molecule has 3 heterocycles. The number of phenolic OH excluding ortho intramolecular Hbond substituents is 4. The van der Waals surface area contributed by atoms with Gasteiger partial charge in [-0.1, -0.05) is 0 Å². The number of benzene rings is 2. The molecule has 3 aromatic rings. The summed E-state index contributed by atoms with van der Waals surface area (Å²) < 4.78 is 27.6. The van der Waals surface area contributed by atoms with Crippen LogP contribution in [0, 0.1) is 0 Å². The summed E-state index contributed by atoms with van der Waals surface area (Å²) >= 11 is 0. The molecule has 0 radical (unpaired) electrons. The Labute approximate surface area is 246 Å². The number of aliphatic hydroxyl groups is 7. The van der Waals surface area contributed by atoms with Crippen molar-refractivity contribution in [2.75, 3.05) is 13.2 Å². The summed E-state index contributed by atoms with van der Waals surface area (Å²) in [4.78, 5) is 13.6. The Morgan fingerprint density at radius 2 is 1.34 bits per heavy atom. The van der Waals surface area contributed by atoms with Crippen LogP contribution in [0.3, 0.4) is 0 Å². The van der Waals surface area contributed by atoms with Crippen molar-refractivity contribution in [3.8, 4) is 40.1 Å². The third-order valence-corrected chi connectivity index (χ3v) is 7.33. The molecular weight excluding hydrogens is 596 g/mol. The first kappa shape index (κ1) is 31.7. The van der Waals surface area contributed by atoms with Gasteiger partial charge in [-0.3, -0.25) is 4.79 Å². The number of rotatable bonds is 7. The molecule has 2 fully saturated rings. The average molecular weight is 627 g/mol. The van der Waals surface area contributed by atoms with E-state index in [0.717, 1.165) is 24.3 Å². The van der Waals surface area contributed by atoms with E-state index in [-0.39, 0.29) is 11.1 Å². The molecule has 2 aliphatic rings. The molecule has 17 nitrogen and oxygen atoms in total. The van der Waals surface area contributed by atoms with Crippen LogP contribution in [0.4, 0.5) is 0 Å². The van der Waals surface area contributed by atoms with Gasteiger partial charge in [0.25, 0.3) is 0 Å². The highest BCUT2D eigenvalue weighted by Crippen LogP contribution is 2.39. The van der Waals surface area contributed by atoms with Crippen molar-refractivity contribution in [2.24, 2.45) is 0 Å². The third kappa shape index (κ3) is 5.73. The zero-order valence-electron chi connectivity index (χ0n) is 22.4. The number of phenols is 4. The van der Waals surface area contributed by atoms with E-state index in [1.54, 1.807) is 0 Å². The van der Waals surface area contributed by atoms with E-state index in [2.05, 4.69) is 0 Å². The first-order valence-corrected chi connectivity index (χ1v) is 13.2. The van der Waals surface area contributed by atoms with E-state index in [0.29, 0.717) is 0 Å². The van der Waals surface area contributed by atoms with Crippen molar-refractivity contribution in [3.63, 3.8) is 0 Å². The molecule has 44 heavy (non-hydrogen) atoms. The van der Waals surface area contributed by atoms with Crippen molar-refractivity contribution in [3.05, 3.63) is 40.6 Å². The Bertz CT molecular complexity index is 1560. The van der Waals surface area contributed by atoms with Crippen molar-refractivity contribution in [2.45, 2.75) is 61.4 Å². The Balaban J connectivity index is 1.47. The second-order valence-corrected chi connectivity index (χ2v) is 10.3. The average Bonchev–Trinajstić information content (AvgIpc) is 2.98. The van der Waals surface area contributed by atoms with Crippen molar-refractivity contribution in [1.82, 2.24) is 0 Å². The van der Waals surface area contributed by atoms with E-state index in [4.69, 9.17) is 23.4 Å². The summed E-state index contributed by atoms with van der Waals surface area (Å²) in [5.74, 6) is -3.44. The highest BCUT2D eigenvalue weighted by atomic mass is 16.7. The van der Waals surface area contributed by atoms with Gasteiger partial charge in [0, 0.05) is 17.7 Å². The predicted molar refractivity (Wildman–Crippen MR) is 142 cm³/mol. The van der Waals surface area contributed by atoms with Crippen molar-refractivity contribution in [1.29, 1.82) is 0 Å². The maximum Gasteiger partial charge on any atom is 0.239 e. The first-order chi connectivity index (χ1) is 20.8. The number of aromatic hydroxyl groups is 4. The zero-order chi connectivity index (χ0) is 32.0. The van der Waals surface area contributed by atoms with Crippen LogP contribution in [-0.4, -0.2) is 131 Å². The minimum atomic E-state index is -2.00. The van der Waals surface area contributed by atoms with Crippen molar-refractivity contribution >= 4 is 11.0 Å². The number of ether oxygens (including phenoxy) is 4. The van der Waals surface area contributed by atoms with Crippen LogP contribution in [0.25, 0.3) is 22.3 Å². The van der Waals surface area contributed by atoms with Crippen LogP contribution in [0.15, 0.2) is 39.5 Å². The molecule has 2 aliphatic heterocycles. The van der Waals surface area contributed by atoms with Gasteiger partial charge >= 0.3 is 0 Å². The Kier molecular flexibility index (Phi) is 8.87. The molecule has 0 saturated carbocycles. The number of aliphatic hydroxyl groups excluding tert-OH is 7. The lowest BCUT2D eigenvalue weighted by Crippen LogP contribution is -2.62. The summed E-state index contributed by atoms with van der Waals surface area (Å²) in [5.41, 5.74) is -1.41. The Hall–Kier alpha value is -3.75. The van der Waals surface area contributed by atoms with E-state index >= 15 is 0 Å². The molecule has 17 heteroatoms. The van der Waals surface area contributed by atoms with Gasteiger partial charge in [0.2, 0.25) is 17.5 Å². The molecule has 0 unspecified atom stereocenters. The predicted octanol–water partition coefficient (Wildman–Crippen LogP) is -2.71. The number of hydrogen-bond acceptors (Lipinski definition) is 17. The monoisotopic (exact) mass is 626 g/mol. The zero-order valence-corrected chi connectivity index (χ0v) is 22.4. The van der Waals surface area contributed by atoms with E-state index < -0.39 is 120 Å². The second-order valence-electron chi connectivity index (χ2n) is 10.3. The fourth-order valence-electron chi connectivity index (χ4n) is 4.89. The maximum absolute atomic E-state index is 13.6. The van der Waals surface area contributed by atoms with Gasteiger partial charge in [0.15, 0.2) is 23.5 Å². The van der Waals surface area contributed by atoms with Crippen LogP contribution in [-0.2, 0) is 14.2 Å². The molecule has 10 atom stereocenters. The van der Waals surface area contributed by atoms with Crippen molar-refractivity contribution < 1.29 is 79.5 Å². The molecule has 1 aromatic heterocycles. The van der Waals surface area contributed by atoms with E-state index in [1.807, 2.05) is 0 Å².